The number of hydrogen-bond donors (Lipinski definition) is 1. The Morgan fingerprint density at radius 1 is 0.778 bits per heavy atom. The second kappa shape index (κ2) is 7.14. The minimum Gasteiger partial charge on any atom is -0.455 e. The van der Waals surface area contributed by atoms with E-state index >= 15 is 0 Å². The van der Waals surface area contributed by atoms with E-state index in [0.29, 0.717) is 6.07 Å². The number of furan rings is 1. The molecule has 0 amide bonds. The first-order chi connectivity index (χ1) is 12.8. The fraction of sp³-hybridized carbons (Fsp3) is 0. The summed E-state index contributed by atoms with van der Waals surface area (Å²) in [6.07, 6.45) is 0.864. The normalized spacial score (nSPS) is 11.4. The molecule has 0 unspecified atom stereocenters. The predicted molar refractivity (Wildman–Crippen MR) is 81.5 cm³/mol. The van der Waals surface area contributed by atoms with Crippen molar-refractivity contribution >= 4 is 11.9 Å². The second-order valence-electron chi connectivity index (χ2n) is 5.14. The van der Waals surface area contributed by atoms with Crippen LogP contribution in [0, 0.1) is 40.7 Å². The second-order valence-corrected chi connectivity index (χ2v) is 5.14. The SMILES string of the molecule is Fc1ccc(-c2ccc(/C=N\Nc3c(F)c(F)c(F)c(F)c3F)o2)c(F)c1. The maximum atomic E-state index is 13.7. The number of nitrogens with one attached hydrogen (secondary N) is 1. The van der Waals surface area contributed by atoms with E-state index in [4.69, 9.17) is 4.42 Å². The Hall–Kier alpha value is -3.30. The van der Waals surface area contributed by atoms with Crippen LogP contribution in [0.2, 0.25) is 0 Å². The molecule has 10 heteroatoms. The Balaban J connectivity index is 1.82. The Bertz CT molecular complexity index is 1020. The average molecular weight is 388 g/mol. The van der Waals surface area contributed by atoms with Gasteiger partial charge in [-0.3, -0.25) is 5.43 Å². The lowest BCUT2D eigenvalue weighted by molar-refractivity contribution is 0.381. The van der Waals surface area contributed by atoms with Crippen LogP contribution in [0.3, 0.4) is 0 Å². The van der Waals surface area contributed by atoms with Crippen molar-refractivity contribution in [2.45, 2.75) is 0 Å². The zero-order valence-electron chi connectivity index (χ0n) is 13.0. The van der Waals surface area contributed by atoms with Crippen molar-refractivity contribution in [3.63, 3.8) is 0 Å². The van der Waals surface area contributed by atoms with Gasteiger partial charge >= 0.3 is 0 Å². The maximum Gasteiger partial charge on any atom is 0.200 e. The van der Waals surface area contributed by atoms with Crippen LogP contribution in [0.4, 0.5) is 36.4 Å². The van der Waals surface area contributed by atoms with Gasteiger partial charge in [0.05, 0.1) is 11.8 Å². The lowest BCUT2D eigenvalue weighted by Crippen LogP contribution is -2.06. The van der Waals surface area contributed by atoms with E-state index in [1.54, 1.807) is 5.43 Å². The molecule has 2 aromatic carbocycles. The summed E-state index contributed by atoms with van der Waals surface area (Å²) in [6, 6.07) is 5.41. The summed E-state index contributed by atoms with van der Waals surface area (Å²) < 4.78 is 97.8. The van der Waals surface area contributed by atoms with Crippen molar-refractivity contribution < 1.29 is 35.2 Å². The molecule has 3 nitrogen and oxygen atoms in total. The number of halogens is 7. The Kier molecular flexibility index (Phi) is 4.89. The number of nitrogens with zero attached hydrogens (tertiary/aromatic N) is 1. The van der Waals surface area contributed by atoms with Gasteiger partial charge in [-0.2, -0.15) is 5.10 Å². The molecule has 3 aromatic rings. The summed E-state index contributed by atoms with van der Waals surface area (Å²) in [4.78, 5) is 0. The van der Waals surface area contributed by atoms with E-state index in [9.17, 15) is 30.7 Å². The van der Waals surface area contributed by atoms with Crippen LogP contribution in [0.1, 0.15) is 5.76 Å². The van der Waals surface area contributed by atoms with E-state index < -0.39 is 46.4 Å². The Morgan fingerprint density at radius 3 is 2.04 bits per heavy atom. The smallest absolute Gasteiger partial charge is 0.200 e. The first kappa shape index (κ1) is 18.5. The summed E-state index contributed by atoms with van der Waals surface area (Å²) in [5.74, 6) is -12.4. The molecule has 27 heavy (non-hydrogen) atoms. The van der Waals surface area contributed by atoms with Gasteiger partial charge in [-0.15, -0.1) is 0 Å². The van der Waals surface area contributed by atoms with Gasteiger partial charge in [-0.05, 0) is 24.3 Å². The zero-order valence-corrected chi connectivity index (χ0v) is 13.0. The Labute approximate surface area is 146 Å². The highest BCUT2D eigenvalue weighted by Crippen LogP contribution is 2.27. The standard InChI is InChI=1S/C17H7F7N2O/c18-7-1-3-9(10(19)5-7)11-4-2-8(27-11)6-25-26-17-15(23)13(21)12(20)14(22)16(17)24/h1-6,26H/b25-6-. The van der Waals surface area contributed by atoms with Crippen LogP contribution in [-0.2, 0) is 0 Å². The first-order valence-electron chi connectivity index (χ1n) is 7.15. The quantitative estimate of drug-likeness (QED) is 0.215. The van der Waals surface area contributed by atoms with Gasteiger partial charge in [0, 0.05) is 6.07 Å². The lowest BCUT2D eigenvalue weighted by Gasteiger charge is -2.06. The molecule has 0 spiro atoms. The molecule has 0 saturated heterocycles. The molecule has 0 radical (unpaired) electrons. The van der Waals surface area contributed by atoms with Crippen molar-refractivity contribution in [1.82, 2.24) is 0 Å². The number of anilines is 1. The van der Waals surface area contributed by atoms with E-state index in [1.807, 2.05) is 0 Å². The number of benzene rings is 2. The zero-order chi connectivity index (χ0) is 19.7. The van der Waals surface area contributed by atoms with Crippen molar-refractivity contribution in [2.24, 2.45) is 5.10 Å². The largest absolute Gasteiger partial charge is 0.455 e. The van der Waals surface area contributed by atoms with E-state index in [1.165, 1.54) is 12.1 Å². The highest BCUT2D eigenvalue weighted by molar-refractivity contribution is 5.78. The molecule has 0 saturated carbocycles. The van der Waals surface area contributed by atoms with Crippen molar-refractivity contribution in [2.75, 3.05) is 5.43 Å². The number of hydrazone groups is 1. The molecular weight excluding hydrogens is 381 g/mol. The Morgan fingerprint density at radius 2 is 1.41 bits per heavy atom. The third kappa shape index (κ3) is 3.50. The van der Waals surface area contributed by atoms with Gasteiger partial charge < -0.3 is 4.42 Å². The van der Waals surface area contributed by atoms with Crippen molar-refractivity contribution in [3.8, 4) is 11.3 Å². The van der Waals surface area contributed by atoms with Crippen LogP contribution in [0.15, 0.2) is 39.9 Å². The summed E-state index contributed by atoms with van der Waals surface area (Å²) in [7, 11) is 0. The van der Waals surface area contributed by atoms with Gasteiger partial charge in [-0.1, -0.05) is 0 Å². The topological polar surface area (TPSA) is 37.5 Å². The van der Waals surface area contributed by atoms with Crippen molar-refractivity contribution in [1.29, 1.82) is 0 Å². The molecule has 0 atom stereocenters. The first-order valence-corrected chi connectivity index (χ1v) is 7.15. The van der Waals surface area contributed by atoms with Crippen molar-refractivity contribution in [3.05, 3.63) is 76.8 Å². The van der Waals surface area contributed by atoms with Crippen LogP contribution >= 0.6 is 0 Å². The van der Waals surface area contributed by atoms with Crippen LogP contribution in [-0.4, -0.2) is 6.21 Å². The highest BCUT2D eigenvalue weighted by Gasteiger charge is 2.25. The van der Waals surface area contributed by atoms with Gasteiger partial charge in [0.2, 0.25) is 5.82 Å². The molecule has 1 N–H and O–H groups in total. The van der Waals surface area contributed by atoms with Crippen LogP contribution in [0.5, 0.6) is 0 Å². The van der Waals surface area contributed by atoms with Gasteiger partial charge in [0.25, 0.3) is 0 Å². The number of hydrogen-bond acceptors (Lipinski definition) is 3. The average Bonchev–Trinajstić information content (AvgIpc) is 3.10. The van der Waals surface area contributed by atoms with E-state index in [2.05, 4.69) is 5.10 Å². The molecule has 1 aromatic heterocycles. The summed E-state index contributed by atoms with van der Waals surface area (Å²) >= 11 is 0. The molecule has 0 fully saturated rings. The molecule has 3 rings (SSSR count). The van der Waals surface area contributed by atoms with Crippen LogP contribution in [0.25, 0.3) is 11.3 Å². The minimum atomic E-state index is -2.29. The lowest BCUT2D eigenvalue weighted by atomic mass is 10.1. The molecule has 0 aliphatic heterocycles. The monoisotopic (exact) mass is 388 g/mol. The summed E-state index contributed by atoms with van der Waals surface area (Å²) in [5.41, 5.74) is 0.295. The molecule has 140 valence electrons. The third-order valence-electron chi connectivity index (χ3n) is 3.40. The summed E-state index contributed by atoms with van der Waals surface area (Å²) in [6.45, 7) is 0. The number of rotatable bonds is 4. The summed E-state index contributed by atoms with van der Waals surface area (Å²) in [5, 5.41) is 3.33. The minimum absolute atomic E-state index is 0.00480. The van der Waals surface area contributed by atoms with Gasteiger partial charge in [0.1, 0.15) is 28.8 Å². The molecule has 1 heterocycles. The molecule has 0 bridgehead atoms. The third-order valence-corrected chi connectivity index (χ3v) is 3.40. The maximum absolute atomic E-state index is 13.7. The fourth-order valence-electron chi connectivity index (χ4n) is 2.12. The highest BCUT2D eigenvalue weighted by atomic mass is 19.2. The fourth-order valence-corrected chi connectivity index (χ4v) is 2.12. The van der Waals surface area contributed by atoms with E-state index in [-0.39, 0.29) is 17.1 Å². The van der Waals surface area contributed by atoms with Crippen LogP contribution < -0.4 is 5.43 Å². The molecule has 0 aliphatic rings. The molecule has 0 aliphatic carbocycles. The van der Waals surface area contributed by atoms with E-state index in [0.717, 1.165) is 18.3 Å². The predicted octanol–water partition coefficient (Wildman–Crippen LogP) is 5.37. The van der Waals surface area contributed by atoms with Gasteiger partial charge in [0.15, 0.2) is 23.3 Å². The molecular formula is C17H7F7N2O. The van der Waals surface area contributed by atoms with Gasteiger partial charge in [-0.25, -0.2) is 30.7 Å².